The Morgan fingerprint density at radius 1 is 1.26 bits per heavy atom. The lowest BCUT2D eigenvalue weighted by Gasteiger charge is -2.28. The number of halogens is 1. The van der Waals surface area contributed by atoms with Crippen molar-refractivity contribution in [1.82, 2.24) is 0 Å². The van der Waals surface area contributed by atoms with E-state index in [0.717, 1.165) is 67.7 Å². The van der Waals surface area contributed by atoms with E-state index >= 15 is 0 Å². The molecule has 0 amide bonds. The van der Waals surface area contributed by atoms with Gasteiger partial charge in [-0.15, -0.1) is 0 Å². The van der Waals surface area contributed by atoms with E-state index in [2.05, 4.69) is 13.8 Å². The van der Waals surface area contributed by atoms with Gasteiger partial charge in [-0.25, -0.2) is 0 Å². The lowest BCUT2D eigenvalue weighted by atomic mass is 9.80. The number of carbonyl (C=O) groups is 1. The molecular formula is C22H29ClO4. The zero-order valence-corrected chi connectivity index (χ0v) is 17.0. The van der Waals surface area contributed by atoms with Crippen molar-refractivity contribution in [3.05, 3.63) is 28.3 Å². The molecule has 1 heterocycles. The fraction of sp³-hybridized carbons (Fsp3) is 0.682. The van der Waals surface area contributed by atoms with E-state index < -0.39 is 5.97 Å². The molecule has 1 aromatic carbocycles. The lowest BCUT2D eigenvalue weighted by molar-refractivity contribution is -0.137. The third-order valence-electron chi connectivity index (χ3n) is 6.75. The summed E-state index contributed by atoms with van der Waals surface area (Å²) in [6.45, 7) is 4.73. The summed E-state index contributed by atoms with van der Waals surface area (Å²) in [5.41, 5.74) is 2.27. The molecule has 0 spiro atoms. The summed E-state index contributed by atoms with van der Waals surface area (Å²) in [4.78, 5) is 10.8. The van der Waals surface area contributed by atoms with Crippen LogP contribution in [0.5, 0.6) is 5.75 Å². The number of carboxylic acid groups (broad SMARTS) is 1. The molecule has 2 fully saturated rings. The predicted molar refractivity (Wildman–Crippen MR) is 104 cm³/mol. The van der Waals surface area contributed by atoms with Gasteiger partial charge in [0.25, 0.3) is 0 Å². The van der Waals surface area contributed by atoms with Gasteiger partial charge in [-0.2, -0.15) is 0 Å². The Morgan fingerprint density at radius 2 is 2.00 bits per heavy atom. The molecule has 148 valence electrons. The van der Waals surface area contributed by atoms with E-state index in [-0.39, 0.29) is 17.6 Å². The van der Waals surface area contributed by atoms with Crippen molar-refractivity contribution in [2.24, 2.45) is 5.41 Å². The molecule has 3 aliphatic rings. The van der Waals surface area contributed by atoms with Crippen LogP contribution in [0.4, 0.5) is 0 Å². The zero-order valence-electron chi connectivity index (χ0n) is 16.3. The number of ether oxygens (including phenoxy) is 2. The van der Waals surface area contributed by atoms with Gasteiger partial charge in [0.15, 0.2) is 0 Å². The second-order valence-electron chi connectivity index (χ2n) is 9.49. The first-order valence-electron chi connectivity index (χ1n) is 10.1. The summed E-state index contributed by atoms with van der Waals surface area (Å²) >= 11 is 6.34. The van der Waals surface area contributed by atoms with E-state index in [9.17, 15) is 4.79 Å². The van der Waals surface area contributed by atoms with Crippen LogP contribution in [0.1, 0.15) is 76.3 Å². The molecule has 1 aromatic rings. The Kier molecular flexibility index (Phi) is 4.71. The van der Waals surface area contributed by atoms with E-state index in [0.29, 0.717) is 12.0 Å². The second kappa shape index (κ2) is 6.66. The molecule has 5 heteroatoms. The predicted octanol–water partition coefficient (Wildman–Crippen LogP) is 5.53. The Morgan fingerprint density at radius 3 is 2.70 bits per heavy atom. The Labute approximate surface area is 166 Å². The van der Waals surface area contributed by atoms with Gasteiger partial charge in [-0.05, 0) is 81.9 Å². The fourth-order valence-corrected chi connectivity index (χ4v) is 5.77. The van der Waals surface area contributed by atoms with Crippen molar-refractivity contribution in [2.75, 3.05) is 0 Å². The topological polar surface area (TPSA) is 55.8 Å². The average molecular weight is 393 g/mol. The summed E-state index contributed by atoms with van der Waals surface area (Å²) in [5.74, 6) is 0.257. The SMILES string of the molecule is CC1(C)Cc2cc(Cl)cc(COC34CCC(CCCC(=O)O)(CC3)C4)c2O1. The van der Waals surface area contributed by atoms with Crippen LogP contribution >= 0.6 is 11.6 Å². The van der Waals surface area contributed by atoms with Gasteiger partial charge in [0.05, 0.1) is 12.2 Å². The molecule has 1 N–H and O–H groups in total. The Bertz CT molecular complexity index is 747. The van der Waals surface area contributed by atoms with Gasteiger partial charge in [0, 0.05) is 23.4 Å². The molecule has 1 aliphatic heterocycles. The Hall–Kier alpha value is -1.26. The van der Waals surface area contributed by atoms with Gasteiger partial charge in [-0.3, -0.25) is 4.79 Å². The summed E-state index contributed by atoms with van der Waals surface area (Å²) in [6.07, 6.45) is 8.46. The summed E-state index contributed by atoms with van der Waals surface area (Å²) in [7, 11) is 0. The minimum Gasteiger partial charge on any atom is -0.487 e. The van der Waals surface area contributed by atoms with Crippen molar-refractivity contribution in [2.45, 2.75) is 89.4 Å². The number of hydrogen-bond donors (Lipinski definition) is 1. The van der Waals surface area contributed by atoms with Crippen molar-refractivity contribution in [3.8, 4) is 5.75 Å². The van der Waals surface area contributed by atoms with Gasteiger partial charge in [0.2, 0.25) is 0 Å². The van der Waals surface area contributed by atoms with Crippen molar-refractivity contribution in [3.63, 3.8) is 0 Å². The summed E-state index contributed by atoms with van der Waals surface area (Å²) < 4.78 is 12.7. The van der Waals surface area contributed by atoms with Crippen LogP contribution in [0.2, 0.25) is 5.02 Å². The van der Waals surface area contributed by atoms with Crippen LogP contribution in [-0.2, 0) is 22.6 Å². The first kappa shape index (κ1) is 19.1. The minimum absolute atomic E-state index is 0.0491. The standard InChI is InChI=1S/C22H29ClO4/c1-20(2)12-15-10-17(23)11-16(19(15)27-20)13-26-22-8-6-21(14-22,7-9-22)5-3-4-18(24)25/h10-11H,3-9,12-14H2,1-2H3,(H,24,25). The quantitative estimate of drug-likeness (QED) is 0.663. The maximum Gasteiger partial charge on any atom is 0.303 e. The van der Waals surface area contributed by atoms with Crippen LogP contribution in [0.3, 0.4) is 0 Å². The molecule has 2 aliphatic carbocycles. The number of fused-ring (bicyclic) bond motifs is 3. The smallest absolute Gasteiger partial charge is 0.303 e. The number of aliphatic carboxylic acids is 1. The van der Waals surface area contributed by atoms with Crippen LogP contribution < -0.4 is 4.74 Å². The van der Waals surface area contributed by atoms with Gasteiger partial charge in [-0.1, -0.05) is 11.6 Å². The highest BCUT2D eigenvalue weighted by atomic mass is 35.5. The molecule has 0 radical (unpaired) electrons. The van der Waals surface area contributed by atoms with Gasteiger partial charge < -0.3 is 14.6 Å². The van der Waals surface area contributed by atoms with E-state index in [1.165, 1.54) is 5.56 Å². The molecule has 0 unspecified atom stereocenters. The van der Waals surface area contributed by atoms with Crippen LogP contribution in [-0.4, -0.2) is 22.3 Å². The number of carboxylic acids is 1. The maximum absolute atomic E-state index is 10.8. The van der Waals surface area contributed by atoms with E-state index in [4.69, 9.17) is 26.2 Å². The summed E-state index contributed by atoms with van der Waals surface area (Å²) in [5, 5.41) is 9.65. The van der Waals surface area contributed by atoms with E-state index in [1.807, 2.05) is 12.1 Å². The van der Waals surface area contributed by atoms with Crippen molar-refractivity contribution >= 4 is 17.6 Å². The second-order valence-corrected chi connectivity index (χ2v) is 9.92. The summed E-state index contributed by atoms with van der Waals surface area (Å²) in [6, 6.07) is 3.98. The molecule has 4 rings (SSSR count). The minimum atomic E-state index is -0.692. The third kappa shape index (κ3) is 3.84. The molecular weight excluding hydrogens is 364 g/mol. The Balaban J connectivity index is 1.42. The molecule has 2 bridgehead atoms. The molecule has 27 heavy (non-hydrogen) atoms. The first-order chi connectivity index (χ1) is 12.7. The monoisotopic (exact) mass is 392 g/mol. The number of hydrogen-bond acceptors (Lipinski definition) is 3. The molecule has 0 atom stereocenters. The van der Waals surface area contributed by atoms with Crippen molar-refractivity contribution < 1.29 is 19.4 Å². The van der Waals surface area contributed by atoms with E-state index in [1.54, 1.807) is 0 Å². The highest BCUT2D eigenvalue weighted by Crippen LogP contribution is 2.60. The molecule has 2 saturated carbocycles. The van der Waals surface area contributed by atoms with Gasteiger partial charge in [0.1, 0.15) is 11.4 Å². The number of benzene rings is 1. The lowest BCUT2D eigenvalue weighted by Crippen LogP contribution is -2.27. The third-order valence-corrected chi connectivity index (χ3v) is 6.97. The highest BCUT2D eigenvalue weighted by molar-refractivity contribution is 6.30. The zero-order chi connectivity index (χ0) is 19.3. The molecule has 0 aromatic heterocycles. The normalized spacial score (nSPS) is 30.3. The van der Waals surface area contributed by atoms with Crippen LogP contribution in [0, 0.1) is 5.41 Å². The molecule has 4 nitrogen and oxygen atoms in total. The molecule has 0 saturated heterocycles. The van der Waals surface area contributed by atoms with Crippen LogP contribution in [0.15, 0.2) is 12.1 Å². The number of rotatable bonds is 7. The van der Waals surface area contributed by atoms with Crippen LogP contribution in [0.25, 0.3) is 0 Å². The first-order valence-corrected chi connectivity index (χ1v) is 10.4. The highest BCUT2D eigenvalue weighted by Gasteiger charge is 2.54. The average Bonchev–Trinajstić information content (AvgIpc) is 3.21. The maximum atomic E-state index is 10.8. The largest absolute Gasteiger partial charge is 0.487 e. The fourth-order valence-electron chi connectivity index (χ4n) is 5.50. The van der Waals surface area contributed by atoms with Gasteiger partial charge >= 0.3 is 5.97 Å². The van der Waals surface area contributed by atoms with Crippen molar-refractivity contribution in [1.29, 1.82) is 0 Å².